The maximum Gasteiger partial charge on any atom is 0.298 e. The largest absolute Gasteiger partial charge is 0.423 e. The first-order chi connectivity index (χ1) is 18.9. The van der Waals surface area contributed by atoms with Crippen LogP contribution >= 0.6 is 0 Å². The van der Waals surface area contributed by atoms with E-state index in [1.807, 2.05) is 47.1 Å². The minimum absolute atomic E-state index is 0.0208. The van der Waals surface area contributed by atoms with Gasteiger partial charge in [0.25, 0.3) is 6.01 Å². The Balaban J connectivity index is 1.19. The number of halogens is 2. The number of amides is 1. The predicted octanol–water partition coefficient (Wildman–Crippen LogP) is 4.95. The maximum atomic E-state index is 13.7. The molecule has 1 amide bonds. The quantitative estimate of drug-likeness (QED) is 0.368. The van der Waals surface area contributed by atoms with E-state index in [0.29, 0.717) is 49.3 Å². The Morgan fingerprint density at radius 2 is 1.54 bits per heavy atom. The minimum Gasteiger partial charge on any atom is -0.423 e. The van der Waals surface area contributed by atoms with Crippen LogP contribution in [-0.4, -0.2) is 65.3 Å². The number of amidine groups is 1. The Kier molecular flexibility index (Phi) is 6.56. The SMILES string of the molecule is CC1C=C(c2ccc(F)cc2)N=C(c2ccc(F)cc2)N1CC(=O)N1CCN(c2nc3ccccc3o2)CC1. The van der Waals surface area contributed by atoms with Gasteiger partial charge in [-0.2, -0.15) is 4.98 Å². The number of fused-ring (bicyclic) bond motifs is 1. The molecule has 0 radical (unpaired) electrons. The van der Waals surface area contributed by atoms with Crippen molar-refractivity contribution in [3.8, 4) is 0 Å². The minimum atomic E-state index is -0.350. The number of benzene rings is 3. The predicted molar refractivity (Wildman–Crippen MR) is 146 cm³/mol. The normalized spacial score (nSPS) is 17.8. The number of oxazole rings is 1. The molecule has 2 aliphatic rings. The number of nitrogens with zero attached hydrogens (tertiary/aromatic N) is 5. The maximum absolute atomic E-state index is 13.7. The van der Waals surface area contributed by atoms with Crippen molar-refractivity contribution >= 4 is 34.6 Å². The first kappa shape index (κ1) is 24.8. The average Bonchev–Trinajstić information content (AvgIpc) is 3.39. The standard InChI is InChI=1S/C30H27F2N5O2/c1-20-18-26(21-6-10-23(31)11-7-21)33-29(22-8-12-24(32)13-9-22)37(20)19-28(38)35-14-16-36(17-15-35)30-34-25-4-2-3-5-27(25)39-30/h2-13,18,20H,14-17,19H2,1H3. The van der Waals surface area contributed by atoms with Gasteiger partial charge in [-0.3, -0.25) is 4.79 Å². The van der Waals surface area contributed by atoms with Crippen LogP contribution in [0.15, 0.2) is 88.3 Å². The fourth-order valence-electron chi connectivity index (χ4n) is 4.94. The number of piperazine rings is 1. The van der Waals surface area contributed by atoms with Gasteiger partial charge in [0.15, 0.2) is 5.58 Å². The van der Waals surface area contributed by atoms with E-state index in [1.165, 1.54) is 24.3 Å². The zero-order chi connectivity index (χ0) is 26.9. The summed E-state index contributed by atoms with van der Waals surface area (Å²) in [6, 6.07) is 20.3. The number of carbonyl (C=O) groups excluding carboxylic acids is 1. The molecule has 3 heterocycles. The number of aliphatic imine (C=N–C) groups is 1. The Morgan fingerprint density at radius 3 is 2.21 bits per heavy atom. The molecule has 9 heteroatoms. The van der Waals surface area contributed by atoms with Gasteiger partial charge in [-0.15, -0.1) is 0 Å². The van der Waals surface area contributed by atoms with Crippen molar-refractivity contribution in [3.05, 3.63) is 102 Å². The summed E-state index contributed by atoms with van der Waals surface area (Å²) in [5.74, 6) is -0.124. The van der Waals surface area contributed by atoms with Crippen LogP contribution in [0.2, 0.25) is 0 Å². The van der Waals surface area contributed by atoms with Crippen molar-refractivity contribution in [2.45, 2.75) is 13.0 Å². The zero-order valence-electron chi connectivity index (χ0n) is 21.4. The third-order valence-corrected chi connectivity index (χ3v) is 7.12. The highest BCUT2D eigenvalue weighted by Gasteiger charge is 2.30. The van der Waals surface area contributed by atoms with Crippen molar-refractivity contribution in [1.82, 2.24) is 14.8 Å². The Morgan fingerprint density at radius 1 is 0.897 bits per heavy atom. The van der Waals surface area contributed by atoms with Crippen molar-refractivity contribution in [1.29, 1.82) is 0 Å². The molecule has 1 saturated heterocycles. The van der Waals surface area contributed by atoms with Crippen LogP contribution in [0.1, 0.15) is 18.1 Å². The second-order valence-corrected chi connectivity index (χ2v) is 9.70. The summed E-state index contributed by atoms with van der Waals surface area (Å²) in [5, 5.41) is 0. The van der Waals surface area contributed by atoms with Gasteiger partial charge in [0.1, 0.15) is 23.0 Å². The summed E-state index contributed by atoms with van der Waals surface area (Å²) in [7, 11) is 0. The zero-order valence-corrected chi connectivity index (χ0v) is 21.4. The van der Waals surface area contributed by atoms with E-state index in [9.17, 15) is 13.6 Å². The number of aromatic nitrogens is 1. The van der Waals surface area contributed by atoms with Gasteiger partial charge in [-0.1, -0.05) is 12.1 Å². The molecule has 7 nitrogen and oxygen atoms in total. The van der Waals surface area contributed by atoms with Crippen molar-refractivity contribution in [2.75, 3.05) is 37.6 Å². The van der Waals surface area contributed by atoms with Gasteiger partial charge in [0, 0.05) is 43.3 Å². The van der Waals surface area contributed by atoms with Crippen LogP contribution < -0.4 is 4.90 Å². The molecule has 1 aromatic heterocycles. The molecular weight excluding hydrogens is 500 g/mol. The summed E-state index contributed by atoms with van der Waals surface area (Å²) in [6.45, 7) is 4.41. The van der Waals surface area contributed by atoms with Crippen LogP contribution in [0.4, 0.5) is 14.8 Å². The summed E-state index contributed by atoms with van der Waals surface area (Å²) in [6.07, 6.45) is 1.96. The molecule has 0 aliphatic carbocycles. The monoisotopic (exact) mass is 527 g/mol. The molecule has 0 saturated carbocycles. The van der Waals surface area contributed by atoms with Gasteiger partial charge in [0.2, 0.25) is 5.91 Å². The average molecular weight is 528 g/mol. The highest BCUT2D eigenvalue weighted by Crippen LogP contribution is 2.27. The molecule has 1 atom stereocenters. The summed E-state index contributed by atoms with van der Waals surface area (Å²) < 4.78 is 33.1. The Hall–Kier alpha value is -4.53. The molecule has 1 fully saturated rings. The van der Waals surface area contributed by atoms with E-state index in [-0.39, 0.29) is 30.1 Å². The van der Waals surface area contributed by atoms with Crippen LogP contribution in [0, 0.1) is 11.6 Å². The smallest absolute Gasteiger partial charge is 0.298 e. The van der Waals surface area contributed by atoms with Crippen LogP contribution in [0.5, 0.6) is 0 Å². The number of hydrogen-bond acceptors (Lipinski definition) is 6. The van der Waals surface area contributed by atoms with E-state index in [1.54, 1.807) is 24.3 Å². The van der Waals surface area contributed by atoms with Crippen LogP contribution in [0.25, 0.3) is 16.8 Å². The lowest BCUT2D eigenvalue weighted by atomic mass is 10.0. The fourth-order valence-corrected chi connectivity index (χ4v) is 4.94. The van der Waals surface area contributed by atoms with Gasteiger partial charge >= 0.3 is 0 Å². The molecule has 3 aromatic carbocycles. The molecule has 198 valence electrons. The lowest BCUT2D eigenvalue weighted by Crippen LogP contribution is -2.53. The van der Waals surface area contributed by atoms with Crippen LogP contribution in [-0.2, 0) is 4.79 Å². The van der Waals surface area contributed by atoms with Gasteiger partial charge < -0.3 is 19.1 Å². The van der Waals surface area contributed by atoms with E-state index in [2.05, 4.69) is 9.88 Å². The van der Waals surface area contributed by atoms with Gasteiger partial charge in [-0.05, 0) is 73.7 Å². The van der Waals surface area contributed by atoms with Crippen molar-refractivity contribution in [2.24, 2.45) is 4.99 Å². The number of carbonyl (C=O) groups is 1. The van der Waals surface area contributed by atoms with E-state index in [0.717, 1.165) is 16.7 Å². The molecule has 4 aromatic rings. The number of rotatable bonds is 5. The fraction of sp³-hybridized carbons (Fsp3) is 0.233. The molecule has 2 aliphatic heterocycles. The highest BCUT2D eigenvalue weighted by atomic mass is 19.1. The first-order valence-corrected chi connectivity index (χ1v) is 12.9. The third-order valence-electron chi connectivity index (χ3n) is 7.12. The molecule has 0 spiro atoms. The molecular formula is C30H27F2N5O2. The molecule has 1 unspecified atom stereocenters. The van der Waals surface area contributed by atoms with Crippen LogP contribution in [0.3, 0.4) is 0 Å². The molecule has 0 N–H and O–H groups in total. The second-order valence-electron chi connectivity index (χ2n) is 9.70. The van der Waals surface area contributed by atoms with Crippen molar-refractivity contribution < 1.29 is 18.0 Å². The number of hydrogen-bond donors (Lipinski definition) is 0. The molecule has 6 rings (SSSR count). The Labute approximate surface area is 224 Å². The molecule has 0 bridgehead atoms. The second kappa shape index (κ2) is 10.3. The summed E-state index contributed by atoms with van der Waals surface area (Å²) in [5.41, 5.74) is 3.70. The van der Waals surface area contributed by atoms with Gasteiger partial charge in [0.05, 0.1) is 12.2 Å². The third kappa shape index (κ3) is 5.12. The van der Waals surface area contributed by atoms with E-state index in [4.69, 9.17) is 9.41 Å². The lowest BCUT2D eigenvalue weighted by Gasteiger charge is -2.38. The van der Waals surface area contributed by atoms with E-state index >= 15 is 0 Å². The summed E-state index contributed by atoms with van der Waals surface area (Å²) >= 11 is 0. The topological polar surface area (TPSA) is 65.2 Å². The lowest BCUT2D eigenvalue weighted by molar-refractivity contribution is -0.132. The first-order valence-electron chi connectivity index (χ1n) is 12.9. The van der Waals surface area contributed by atoms with Crippen molar-refractivity contribution in [3.63, 3.8) is 0 Å². The molecule has 39 heavy (non-hydrogen) atoms. The number of anilines is 1. The Bertz CT molecular complexity index is 1520. The summed E-state index contributed by atoms with van der Waals surface area (Å²) in [4.78, 5) is 28.7. The van der Waals surface area contributed by atoms with E-state index < -0.39 is 0 Å². The highest BCUT2D eigenvalue weighted by molar-refractivity contribution is 6.04. The van der Waals surface area contributed by atoms with Gasteiger partial charge in [-0.25, -0.2) is 13.8 Å². The number of para-hydroxylation sites is 2.